The minimum Gasteiger partial charge on any atom is -0.508 e. The third-order valence-electron chi connectivity index (χ3n) is 2.19. The zero-order chi connectivity index (χ0) is 12.1. The number of thiocarbonyl (C=S) groups is 1. The van der Waals surface area contributed by atoms with Gasteiger partial charge in [0.2, 0.25) is 0 Å². The third kappa shape index (κ3) is 3.20. The number of phenolic OH excluding ortho intramolecular Hbond substituents is 1. The van der Waals surface area contributed by atoms with Gasteiger partial charge in [-0.05, 0) is 30.7 Å². The lowest BCUT2D eigenvalue weighted by atomic mass is 10.1. The quantitative estimate of drug-likeness (QED) is 0.689. The van der Waals surface area contributed by atoms with Crippen molar-refractivity contribution in [3.8, 4) is 5.75 Å². The highest BCUT2D eigenvalue weighted by Gasteiger charge is 2.13. The van der Waals surface area contributed by atoms with Crippen LogP contribution < -0.4 is 11.1 Å². The maximum atomic E-state index is 11.7. The van der Waals surface area contributed by atoms with E-state index in [1.165, 1.54) is 24.3 Å². The second-order valence-corrected chi connectivity index (χ2v) is 3.85. The van der Waals surface area contributed by atoms with E-state index < -0.39 is 0 Å². The Hall–Kier alpha value is -1.62. The second kappa shape index (κ2) is 5.46. The van der Waals surface area contributed by atoms with Gasteiger partial charge in [-0.15, -0.1) is 0 Å². The Morgan fingerprint density at radius 1 is 1.50 bits per heavy atom. The molecule has 4 nitrogen and oxygen atoms in total. The van der Waals surface area contributed by atoms with Crippen LogP contribution in [-0.4, -0.2) is 22.0 Å². The molecule has 1 aromatic rings. The van der Waals surface area contributed by atoms with Crippen molar-refractivity contribution in [1.82, 2.24) is 5.32 Å². The molecule has 16 heavy (non-hydrogen) atoms. The lowest BCUT2D eigenvalue weighted by molar-refractivity contribution is 0.0946. The number of phenols is 1. The first-order valence-electron chi connectivity index (χ1n) is 4.93. The summed E-state index contributed by atoms with van der Waals surface area (Å²) in [7, 11) is 0. The Bertz CT molecular complexity index is 389. The molecule has 0 heterocycles. The molecule has 0 saturated heterocycles. The molecule has 1 unspecified atom stereocenters. The van der Waals surface area contributed by atoms with Gasteiger partial charge in [0.1, 0.15) is 5.75 Å². The summed E-state index contributed by atoms with van der Waals surface area (Å²) in [5.74, 6) is -0.127. The van der Waals surface area contributed by atoms with E-state index in [-0.39, 0.29) is 22.7 Å². The maximum Gasteiger partial charge on any atom is 0.251 e. The number of nitrogens with two attached hydrogens (primary N) is 1. The lowest BCUT2D eigenvalue weighted by Gasteiger charge is -2.15. The molecule has 0 saturated carbocycles. The highest BCUT2D eigenvalue weighted by molar-refractivity contribution is 7.80. The molecular weight excluding hydrogens is 224 g/mol. The van der Waals surface area contributed by atoms with Crippen molar-refractivity contribution < 1.29 is 9.90 Å². The van der Waals surface area contributed by atoms with E-state index in [1.54, 1.807) is 0 Å². The number of amides is 1. The number of aromatic hydroxyl groups is 1. The van der Waals surface area contributed by atoms with E-state index in [0.29, 0.717) is 12.0 Å². The smallest absolute Gasteiger partial charge is 0.251 e. The number of hydrogen-bond donors (Lipinski definition) is 3. The normalized spacial score (nSPS) is 11.8. The van der Waals surface area contributed by atoms with Crippen LogP contribution in [0.2, 0.25) is 0 Å². The second-order valence-electron chi connectivity index (χ2n) is 3.38. The molecule has 0 spiro atoms. The molecule has 4 N–H and O–H groups in total. The number of rotatable bonds is 4. The van der Waals surface area contributed by atoms with Crippen LogP contribution in [0.1, 0.15) is 23.7 Å². The van der Waals surface area contributed by atoms with Gasteiger partial charge in [0.15, 0.2) is 0 Å². The van der Waals surface area contributed by atoms with Gasteiger partial charge < -0.3 is 16.2 Å². The molecule has 5 heteroatoms. The zero-order valence-electron chi connectivity index (χ0n) is 8.93. The Kier molecular flexibility index (Phi) is 4.25. The van der Waals surface area contributed by atoms with Gasteiger partial charge in [-0.3, -0.25) is 4.79 Å². The topological polar surface area (TPSA) is 75.3 Å². The van der Waals surface area contributed by atoms with Crippen LogP contribution in [0, 0.1) is 0 Å². The number of nitrogens with one attached hydrogen (secondary N) is 1. The summed E-state index contributed by atoms with van der Waals surface area (Å²) in [5, 5.41) is 11.8. The van der Waals surface area contributed by atoms with Gasteiger partial charge in [-0.25, -0.2) is 0 Å². The summed E-state index contributed by atoms with van der Waals surface area (Å²) in [4.78, 5) is 12.0. The average Bonchev–Trinajstić information content (AvgIpc) is 2.26. The van der Waals surface area contributed by atoms with E-state index in [4.69, 9.17) is 23.1 Å². The van der Waals surface area contributed by atoms with E-state index in [9.17, 15) is 4.79 Å². The third-order valence-corrected chi connectivity index (χ3v) is 2.47. The Morgan fingerprint density at radius 2 is 2.06 bits per heavy atom. The van der Waals surface area contributed by atoms with Crippen LogP contribution in [0.4, 0.5) is 0 Å². The predicted octanol–water partition coefficient (Wildman–Crippen LogP) is 1.19. The molecule has 1 atom stereocenters. The number of carbonyl (C=O) groups excluding carboxylic acids is 1. The number of benzene rings is 1. The fourth-order valence-electron chi connectivity index (χ4n) is 1.23. The zero-order valence-corrected chi connectivity index (χ0v) is 9.75. The Balaban J connectivity index is 2.71. The first kappa shape index (κ1) is 12.4. The van der Waals surface area contributed by atoms with E-state index in [2.05, 4.69) is 5.32 Å². The van der Waals surface area contributed by atoms with Crippen molar-refractivity contribution in [3.63, 3.8) is 0 Å². The van der Waals surface area contributed by atoms with Crippen molar-refractivity contribution in [2.24, 2.45) is 5.73 Å². The van der Waals surface area contributed by atoms with Crippen molar-refractivity contribution >= 4 is 23.1 Å². The molecule has 0 aliphatic heterocycles. The van der Waals surface area contributed by atoms with Crippen molar-refractivity contribution in [3.05, 3.63) is 29.8 Å². The summed E-state index contributed by atoms with van der Waals surface area (Å²) < 4.78 is 0. The summed E-state index contributed by atoms with van der Waals surface area (Å²) in [6.07, 6.45) is 0.652. The van der Waals surface area contributed by atoms with E-state index in [0.717, 1.165) is 0 Å². The van der Waals surface area contributed by atoms with Gasteiger partial charge in [0.05, 0.1) is 11.0 Å². The molecule has 0 aromatic heterocycles. The van der Waals surface area contributed by atoms with Gasteiger partial charge >= 0.3 is 0 Å². The largest absolute Gasteiger partial charge is 0.508 e. The highest BCUT2D eigenvalue weighted by Crippen LogP contribution is 2.09. The molecule has 1 rings (SSSR count). The molecule has 0 radical (unpaired) electrons. The van der Waals surface area contributed by atoms with Gasteiger partial charge in [-0.2, -0.15) is 0 Å². The molecule has 0 aliphatic rings. The SMILES string of the molecule is CCC(NC(=O)c1ccc(O)cc1)C(N)=S. The Morgan fingerprint density at radius 3 is 2.50 bits per heavy atom. The van der Waals surface area contributed by atoms with E-state index in [1.807, 2.05) is 6.92 Å². The van der Waals surface area contributed by atoms with Crippen LogP contribution in [0.15, 0.2) is 24.3 Å². The number of carbonyl (C=O) groups is 1. The first-order valence-corrected chi connectivity index (χ1v) is 5.34. The minimum absolute atomic E-state index is 0.123. The van der Waals surface area contributed by atoms with Gasteiger partial charge in [0.25, 0.3) is 5.91 Å². The molecular formula is C11H14N2O2S. The van der Waals surface area contributed by atoms with Crippen LogP contribution >= 0.6 is 12.2 Å². The lowest BCUT2D eigenvalue weighted by Crippen LogP contribution is -2.42. The van der Waals surface area contributed by atoms with E-state index >= 15 is 0 Å². The fourth-order valence-corrected chi connectivity index (χ4v) is 1.45. The molecule has 1 amide bonds. The van der Waals surface area contributed by atoms with Gasteiger partial charge in [-0.1, -0.05) is 19.1 Å². The molecule has 0 aliphatic carbocycles. The average molecular weight is 238 g/mol. The van der Waals surface area contributed by atoms with Crippen molar-refractivity contribution in [1.29, 1.82) is 0 Å². The summed E-state index contributed by atoms with van der Waals surface area (Å²) in [6, 6.07) is 5.69. The standard InChI is InChI=1S/C11H14N2O2S/c1-2-9(10(12)16)13-11(15)7-3-5-8(14)6-4-7/h3-6,9,14H,2H2,1H3,(H2,12,16)(H,13,15). The summed E-state index contributed by atoms with van der Waals surface area (Å²) in [6.45, 7) is 1.89. The van der Waals surface area contributed by atoms with Crippen LogP contribution in [0.25, 0.3) is 0 Å². The van der Waals surface area contributed by atoms with Crippen LogP contribution in [0.3, 0.4) is 0 Å². The first-order chi connectivity index (χ1) is 7.54. The molecule has 0 bridgehead atoms. The van der Waals surface area contributed by atoms with Crippen LogP contribution in [-0.2, 0) is 0 Å². The Labute approximate surface area is 99.5 Å². The van der Waals surface area contributed by atoms with Crippen molar-refractivity contribution in [2.75, 3.05) is 0 Å². The summed E-state index contributed by atoms with van der Waals surface area (Å²) in [5.41, 5.74) is 5.94. The highest BCUT2D eigenvalue weighted by atomic mass is 32.1. The maximum absolute atomic E-state index is 11.7. The minimum atomic E-state index is -0.295. The molecule has 0 fully saturated rings. The number of hydrogen-bond acceptors (Lipinski definition) is 3. The monoisotopic (exact) mass is 238 g/mol. The molecule has 1 aromatic carbocycles. The summed E-state index contributed by atoms with van der Waals surface area (Å²) >= 11 is 4.83. The van der Waals surface area contributed by atoms with Gasteiger partial charge in [0, 0.05) is 5.56 Å². The van der Waals surface area contributed by atoms with Crippen LogP contribution in [0.5, 0.6) is 5.75 Å². The predicted molar refractivity (Wildman–Crippen MR) is 66.4 cm³/mol. The fraction of sp³-hybridized carbons (Fsp3) is 0.273. The van der Waals surface area contributed by atoms with Crippen molar-refractivity contribution in [2.45, 2.75) is 19.4 Å². The molecule has 86 valence electrons.